The zero-order valence-electron chi connectivity index (χ0n) is 7.46. The van der Waals surface area contributed by atoms with Crippen molar-refractivity contribution in [1.82, 2.24) is 0 Å². The summed E-state index contributed by atoms with van der Waals surface area (Å²) in [5.74, 6) is -0.860. The van der Waals surface area contributed by atoms with Gasteiger partial charge in [0, 0.05) is 9.76 Å². The van der Waals surface area contributed by atoms with Crippen LogP contribution in [0.5, 0.6) is 0 Å². The first kappa shape index (κ1) is 12.0. The number of benzene rings is 1. The normalized spacial score (nSPS) is 10.1. The smallest absolute Gasteiger partial charge is 0.335 e. The van der Waals surface area contributed by atoms with E-state index in [1.54, 1.807) is 12.1 Å². The summed E-state index contributed by atoms with van der Waals surface area (Å²) in [5.41, 5.74) is 2.71. The van der Waals surface area contributed by atoms with Crippen LogP contribution in [0.3, 0.4) is 0 Å². The molecule has 0 aliphatic heterocycles. The van der Waals surface area contributed by atoms with Crippen molar-refractivity contribution in [1.29, 1.82) is 0 Å². The van der Waals surface area contributed by atoms with Crippen LogP contribution in [0.4, 0.5) is 0 Å². The molecule has 1 aromatic carbocycles. The van der Waals surface area contributed by atoms with Crippen LogP contribution in [0.15, 0.2) is 18.2 Å². The first-order valence-electron chi connectivity index (χ1n) is 4.16. The average molecular weight is 369 g/mol. The maximum Gasteiger partial charge on any atom is 0.335 e. The van der Waals surface area contributed by atoms with Gasteiger partial charge in [0.25, 0.3) is 0 Å². The minimum Gasteiger partial charge on any atom is -0.478 e. The molecule has 1 rings (SSSR count). The highest BCUT2D eigenvalue weighted by molar-refractivity contribution is 14.1. The third-order valence-corrected chi connectivity index (χ3v) is 3.18. The van der Waals surface area contributed by atoms with E-state index in [1.807, 2.05) is 6.07 Å². The number of aryl methyl sites for hydroxylation is 1. The van der Waals surface area contributed by atoms with E-state index in [1.165, 1.54) is 5.56 Å². The Morgan fingerprint density at radius 1 is 1.43 bits per heavy atom. The van der Waals surface area contributed by atoms with Gasteiger partial charge in [-0.25, -0.2) is 4.79 Å². The summed E-state index contributed by atoms with van der Waals surface area (Å²) in [7, 11) is 0. The van der Waals surface area contributed by atoms with Crippen LogP contribution in [0.1, 0.15) is 21.5 Å². The summed E-state index contributed by atoms with van der Waals surface area (Å²) < 4.78 is 0.848. The topological polar surface area (TPSA) is 37.3 Å². The Hall–Kier alpha value is -0.100. The van der Waals surface area contributed by atoms with Gasteiger partial charge in [-0.3, -0.25) is 0 Å². The van der Waals surface area contributed by atoms with Crippen molar-refractivity contribution in [3.05, 3.63) is 34.9 Å². The van der Waals surface area contributed by atoms with Crippen LogP contribution in [-0.2, 0) is 10.8 Å². The molecule has 0 aliphatic carbocycles. The van der Waals surface area contributed by atoms with Crippen molar-refractivity contribution < 1.29 is 9.90 Å². The van der Waals surface area contributed by atoms with Gasteiger partial charge in [0.1, 0.15) is 0 Å². The van der Waals surface area contributed by atoms with Gasteiger partial charge >= 0.3 is 5.97 Å². The van der Waals surface area contributed by atoms with Gasteiger partial charge in [0.05, 0.1) is 5.56 Å². The molecule has 4 heteroatoms. The third-order valence-electron chi connectivity index (χ3n) is 1.96. The van der Waals surface area contributed by atoms with Crippen LogP contribution in [0.2, 0.25) is 0 Å². The predicted octanol–water partition coefficient (Wildman–Crippen LogP) is 3.26. The highest BCUT2D eigenvalue weighted by atomic mass is 127. The molecular formula is C10H10BrIO2. The second-order valence-corrected chi connectivity index (χ2v) is 4.42. The molecule has 0 unspecified atom stereocenters. The van der Waals surface area contributed by atoms with Crippen LogP contribution in [0, 0.1) is 0 Å². The summed E-state index contributed by atoms with van der Waals surface area (Å²) in [6, 6.07) is 5.32. The van der Waals surface area contributed by atoms with Gasteiger partial charge < -0.3 is 5.11 Å². The van der Waals surface area contributed by atoms with E-state index < -0.39 is 5.97 Å². The highest BCUT2D eigenvalue weighted by Crippen LogP contribution is 2.17. The number of carbonyl (C=O) groups is 1. The molecular weight excluding hydrogens is 359 g/mol. The van der Waals surface area contributed by atoms with Gasteiger partial charge in [0.2, 0.25) is 0 Å². The fourth-order valence-corrected chi connectivity index (χ4v) is 2.37. The van der Waals surface area contributed by atoms with Gasteiger partial charge in [-0.05, 0) is 29.7 Å². The Balaban J connectivity index is 3.04. The Kier molecular flexibility index (Phi) is 4.88. The highest BCUT2D eigenvalue weighted by Gasteiger charge is 2.06. The molecule has 0 aromatic heterocycles. The number of carboxylic acids is 1. The van der Waals surface area contributed by atoms with E-state index in [4.69, 9.17) is 5.11 Å². The molecule has 0 heterocycles. The molecule has 0 saturated carbocycles. The number of halogens is 2. The van der Waals surface area contributed by atoms with E-state index in [0.29, 0.717) is 5.56 Å². The fourth-order valence-electron chi connectivity index (χ4n) is 1.23. The number of hydrogen-bond donors (Lipinski definition) is 1. The monoisotopic (exact) mass is 368 g/mol. The maximum absolute atomic E-state index is 10.7. The zero-order valence-corrected chi connectivity index (χ0v) is 11.2. The molecule has 0 atom stereocenters. The summed E-state index contributed by atoms with van der Waals surface area (Å²) in [6.45, 7) is 0. The number of alkyl halides is 2. The minimum atomic E-state index is -0.860. The minimum absolute atomic E-state index is 0.370. The fraction of sp³-hybridized carbons (Fsp3) is 0.300. The Morgan fingerprint density at radius 2 is 2.14 bits per heavy atom. The molecule has 0 aliphatic rings. The largest absolute Gasteiger partial charge is 0.478 e. The van der Waals surface area contributed by atoms with E-state index in [-0.39, 0.29) is 0 Å². The van der Waals surface area contributed by atoms with Crippen LogP contribution in [-0.4, -0.2) is 16.4 Å². The molecule has 0 bridgehead atoms. The first-order valence-corrected chi connectivity index (χ1v) is 6.80. The van der Waals surface area contributed by atoms with Crippen molar-refractivity contribution in [2.75, 3.05) is 5.33 Å². The number of aromatic carboxylic acids is 1. The lowest BCUT2D eigenvalue weighted by atomic mass is 10.0. The van der Waals surface area contributed by atoms with Crippen molar-refractivity contribution >= 4 is 44.5 Å². The Labute approximate surface area is 105 Å². The van der Waals surface area contributed by atoms with E-state index in [9.17, 15) is 4.79 Å². The molecule has 1 N–H and O–H groups in total. The summed E-state index contributed by atoms with van der Waals surface area (Å²) >= 11 is 5.63. The van der Waals surface area contributed by atoms with Crippen LogP contribution >= 0.6 is 38.5 Å². The van der Waals surface area contributed by atoms with Crippen molar-refractivity contribution in [2.24, 2.45) is 0 Å². The van der Waals surface area contributed by atoms with Gasteiger partial charge in [-0.1, -0.05) is 44.6 Å². The molecule has 2 nitrogen and oxygen atoms in total. The van der Waals surface area contributed by atoms with Crippen LogP contribution < -0.4 is 0 Å². The van der Waals surface area contributed by atoms with Crippen molar-refractivity contribution in [2.45, 2.75) is 10.8 Å². The quantitative estimate of drug-likeness (QED) is 0.654. The Morgan fingerprint density at radius 3 is 2.64 bits per heavy atom. The maximum atomic E-state index is 10.7. The average Bonchev–Trinajstić information content (AvgIpc) is 2.18. The second-order valence-electron chi connectivity index (χ2n) is 2.86. The van der Waals surface area contributed by atoms with Crippen molar-refractivity contribution in [3.63, 3.8) is 0 Å². The molecule has 0 spiro atoms. The molecule has 76 valence electrons. The van der Waals surface area contributed by atoms with Gasteiger partial charge in [-0.2, -0.15) is 0 Å². The van der Waals surface area contributed by atoms with Crippen LogP contribution in [0.25, 0.3) is 0 Å². The van der Waals surface area contributed by atoms with E-state index >= 15 is 0 Å². The summed E-state index contributed by atoms with van der Waals surface area (Å²) in [6.07, 6.45) is 0.943. The summed E-state index contributed by atoms with van der Waals surface area (Å²) in [4.78, 5) is 10.7. The third kappa shape index (κ3) is 2.95. The lowest BCUT2D eigenvalue weighted by molar-refractivity contribution is 0.0697. The SMILES string of the molecule is O=C(O)c1ccc(CCBr)c(CI)c1. The van der Waals surface area contributed by atoms with E-state index in [0.717, 1.165) is 21.7 Å². The molecule has 0 amide bonds. The summed E-state index contributed by atoms with van der Waals surface area (Å²) in [5, 5.41) is 9.72. The van der Waals surface area contributed by atoms with Crippen molar-refractivity contribution in [3.8, 4) is 0 Å². The second kappa shape index (κ2) is 5.70. The predicted molar refractivity (Wildman–Crippen MR) is 68.6 cm³/mol. The first-order chi connectivity index (χ1) is 6.69. The zero-order chi connectivity index (χ0) is 10.6. The Bertz CT molecular complexity index is 339. The number of carboxylic acid groups (broad SMARTS) is 1. The molecule has 0 fully saturated rings. The molecule has 1 aromatic rings. The number of rotatable bonds is 4. The number of hydrogen-bond acceptors (Lipinski definition) is 1. The lowest BCUT2D eigenvalue weighted by Crippen LogP contribution is -2.00. The standard InChI is InChI=1S/C10H10BrIO2/c11-4-3-7-1-2-8(10(13)14)5-9(7)6-12/h1-2,5H,3-4,6H2,(H,13,14). The van der Waals surface area contributed by atoms with E-state index in [2.05, 4.69) is 38.5 Å². The molecule has 14 heavy (non-hydrogen) atoms. The molecule has 0 radical (unpaired) electrons. The molecule has 0 saturated heterocycles. The van der Waals surface area contributed by atoms with Gasteiger partial charge in [-0.15, -0.1) is 0 Å². The lowest BCUT2D eigenvalue weighted by Gasteiger charge is -2.06. The van der Waals surface area contributed by atoms with Gasteiger partial charge in [0.15, 0.2) is 0 Å².